The third kappa shape index (κ3) is 25.0. The van der Waals surface area contributed by atoms with Gasteiger partial charge in [-0.1, -0.05) is 82.4 Å². The first-order valence-corrected chi connectivity index (χ1v) is 45.8. The second-order valence-corrected chi connectivity index (χ2v) is 35.9. The number of oxazole rings is 1. The lowest BCUT2D eigenvalue weighted by Gasteiger charge is -2.38. The number of anilines is 3. The smallest absolute Gasteiger partial charge is 0.407 e. The molecule has 6 N–H and O–H groups in total. The molecule has 6 aliphatic heterocycles. The lowest BCUT2D eigenvalue weighted by atomic mass is 9.81. The van der Waals surface area contributed by atoms with Crippen molar-refractivity contribution in [2.24, 2.45) is 29.6 Å². The maximum absolute atomic E-state index is 14.8. The molecule has 33 heteroatoms. The minimum absolute atomic E-state index is 0.00982. The van der Waals surface area contributed by atoms with E-state index in [1.807, 2.05) is 107 Å². The number of carbonyl (C=O) groups is 8. The summed E-state index contributed by atoms with van der Waals surface area (Å²) in [5.74, 6) is -1.90. The fourth-order valence-electron chi connectivity index (χ4n) is 19.0. The number of nitrogens with two attached hydrogens (primary N) is 2. The minimum atomic E-state index is -1.01. The maximum Gasteiger partial charge on any atom is 0.407 e. The van der Waals surface area contributed by atoms with Crippen molar-refractivity contribution in [3.63, 3.8) is 0 Å². The van der Waals surface area contributed by atoms with E-state index in [0.717, 1.165) is 27.8 Å². The second-order valence-electron chi connectivity index (χ2n) is 35.9. The van der Waals surface area contributed by atoms with Crippen LogP contribution in [0.25, 0.3) is 33.4 Å². The zero-order valence-electron chi connectivity index (χ0n) is 75.7. The summed E-state index contributed by atoms with van der Waals surface area (Å²) in [4.78, 5) is 145. The highest BCUT2D eigenvalue weighted by Crippen LogP contribution is 2.38. The van der Waals surface area contributed by atoms with Crippen LogP contribution < -0.4 is 21.7 Å². The maximum atomic E-state index is 14.8. The van der Waals surface area contributed by atoms with Gasteiger partial charge in [0.2, 0.25) is 29.5 Å². The number of hydrogen-bond donors (Lipinski definition) is 4. The van der Waals surface area contributed by atoms with E-state index in [9.17, 15) is 43.5 Å². The number of piperidine rings is 1. The highest BCUT2D eigenvalue weighted by atomic mass is 16.6. The van der Waals surface area contributed by atoms with E-state index >= 15 is 0 Å². The molecule has 128 heavy (non-hydrogen) atoms. The van der Waals surface area contributed by atoms with Crippen LogP contribution in [0.2, 0.25) is 0 Å². The minimum Gasteiger partial charge on any atom is -0.461 e. The molecular formula is C95H130N16O17. The summed E-state index contributed by atoms with van der Waals surface area (Å²) in [6.07, 6.45) is 19.5. The van der Waals surface area contributed by atoms with Crippen LogP contribution in [0.5, 0.6) is 0 Å². The molecule has 13 rings (SSSR count). The standard InChI is InChI=1S/C95H130N16O17/c1-59-15-11-10-12-16-60(2)79(121-7)50-71-24-18-61(3)88(125-71)87(117)91(118)110-32-14-13-17-74(110)92(119)126-72(51-80(122-8)64(6)46-63(5)76(113)52-75(112)62(4)45-59)25-20-65-21-26-78(81(48-65)123-9)128-95(120)100-55-67-53-98-94(99-54-67)108-40-38-107(39-41-108)84(116)31-43-124-44-42-105-34-36-106(37-35-105)82(114)28-29-83(115)109-33-30-68-47-66(19-22-70(68)57-109)56-111-90-85(89(96)101-58-102-90)86(104-111)69-23-27-77-73(49-69)103-93(97)127-77/h10-12,15-16,19,22-23,27,46-47,49,53-54,58-59,61-62,64-65,71-72,74,76,78-81,88,113H,13-14,17-18,20-21,24-26,28-45,48,50-52,55-57H2,1-9H3,(H2,97,103)(H,100,120)(H2,96,101,102)/b12-10+,15-11+,60-16+,63-46+/t59-,61-,62-,64-,65-,71?,72-,74+,76+,78-,79+,80-,81-,88?/m1/s1. The molecule has 7 aliphatic rings. The molecular weight excluding hydrogens is 1640 g/mol. The fraction of sp³-hybridized carbons (Fsp3) is 0.600. The molecule has 5 amide bonds. The van der Waals surface area contributed by atoms with Crippen LogP contribution in [0, 0.1) is 29.6 Å². The molecule has 0 radical (unpaired) electrons. The molecule has 33 nitrogen and oxygen atoms in total. The third-order valence-electron chi connectivity index (χ3n) is 26.8. The van der Waals surface area contributed by atoms with Gasteiger partial charge in [0.25, 0.3) is 11.9 Å². The van der Waals surface area contributed by atoms with E-state index in [0.29, 0.717) is 226 Å². The summed E-state index contributed by atoms with van der Waals surface area (Å²) >= 11 is 0. The Kier molecular flexibility index (Phi) is 33.6. The number of alkyl carbamates (subject to hydrolysis) is 1. The number of ketones is 2. The number of methoxy groups -OCH3 is 3. The van der Waals surface area contributed by atoms with Crippen LogP contribution in [0.3, 0.4) is 0 Å². The quantitative estimate of drug-likeness (QED) is 0.0212. The number of aliphatic hydroxyl groups excluding tert-OH is 1. The first-order valence-electron chi connectivity index (χ1n) is 45.8. The number of hydrogen-bond acceptors (Lipinski definition) is 27. The third-order valence-corrected chi connectivity index (χ3v) is 26.8. The lowest BCUT2D eigenvalue weighted by molar-refractivity contribution is -0.169. The topological polar surface area (TPSA) is 400 Å². The van der Waals surface area contributed by atoms with Crippen LogP contribution in [0.1, 0.15) is 173 Å². The molecule has 1 aliphatic carbocycles. The van der Waals surface area contributed by atoms with Crippen molar-refractivity contribution in [3.8, 4) is 11.3 Å². The molecule has 2 aromatic carbocycles. The number of allylic oxidation sites excluding steroid dienone is 5. The number of amides is 5. The number of ether oxygens (including phenoxy) is 7. The van der Waals surface area contributed by atoms with Crippen molar-refractivity contribution >= 4 is 87.2 Å². The highest BCUT2D eigenvalue weighted by molar-refractivity contribution is 6.38. The van der Waals surface area contributed by atoms with Crippen LogP contribution in [0.4, 0.5) is 22.6 Å². The van der Waals surface area contributed by atoms with Gasteiger partial charge < -0.3 is 84.0 Å². The fourth-order valence-corrected chi connectivity index (χ4v) is 19.0. The Morgan fingerprint density at radius 2 is 1.44 bits per heavy atom. The summed E-state index contributed by atoms with van der Waals surface area (Å²) < 4.78 is 50.4. The van der Waals surface area contributed by atoms with Gasteiger partial charge in [-0.2, -0.15) is 10.1 Å². The van der Waals surface area contributed by atoms with Crippen molar-refractivity contribution in [2.45, 2.75) is 232 Å². The summed E-state index contributed by atoms with van der Waals surface area (Å²) in [6, 6.07) is 10.9. The van der Waals surface area contributed by atoms with Crippen molar-refractivity contribution in [3.05, 3.63) is 125 Å². The number of nitrogens with zero attached hydrogens (tertiary/aromatic N) is 13. The average molecular weight is 1770 g/mol. The Labute approximate surface area is 749 Å². The van der Waals surface area contributed by atoms with E-state index in [1.54, 1.807) is 39.8 Å². The number of esters is 1. The SMILES string of the molecule is CO[C@H]1CC2CC[C@@H](C)C(O2)C(=O)C(=O)N2CCCC[C@H]2C(=O)O[C@H](CC[C@@H]2CC[C@@H](OC(=O)NCc3cnc(N4CCN(C(=O)CCOCCN5CCN(C(=O)CCC(=O)N6CCc7cc(Cn8nc(-c9ccc%10oc(N)nc%10c9)c9c(N)ncnc98)ccc7C6)CC5)CC4)nc3)[C@H](OC)C2)C[C@@H](OC)[C@H](C)/C=C(\C)[C@@H](O)CC(=O)[C@H](C)C[C@H](C)/C=C/C=C/C=C/1C. The number of Topliss-reactive ketones (excluding diaryl/α,β-unsaturated/α-hetero) is 2. The zero-order valence-corrected chi connectivity index (χ0v) is 75.7. The van der Waals surface area contributed by atoms with Crippen LogP contribution >= 0.6 is 0 Å². The van der Waals surface area contributed by atoms with Gasteiger partial charge in [-0.3, -0.25) is 33.7 Å². The number of nitrogen functional groups attached to an aromatic ring is 2. The molecule has 6 aromatic rings. The van der Waals surface area contributed by atoms with Crippen molar-refractivity contribution in [1.82, 2.24) is 64.5 Å². The van der Waals surface area contributed by atoms with Gasteiger partial charge in [0.15, 0.2) is 11.2 Å². The van der Waals surface area contributed by atoms with E-state index in [4.69, 9.17) is 54.1 Å². The number of aliphatic hydroxyl groups is 1. The number of piperazine rings is 2. The summed E-state index contributed by atoms with van der Waals surface area (Å²) in [6.45, 7) is 19.4. The monoisotopic (exact) mass is 1770 g/mol. The number of fused-ring (bicyclic) bond motifs is 6. The molecule has 4 aromatic heterocycles. The zero-order chi connectivity index (χ0) is 90.7. The van der Waals surface area contributed by atoms with Gasteiger partial charge >= 0.3 is 12.1 Å². The molecule has 0 spiro atoms. The Morgan fingerprint density at radius 1 is 0.688 bits per heavy atom. The number of aromatic nitrogens is 7. The Bertz CT molecular complexity index is 4960. The molecule has 14 atom stereocenters. The summed E-state index contributed by atoms with van der Waals surface area (Å²) in [5.41, 5.74) is 20.9. The van der Waals surface area contributed by atoms with Crippen molar-refractivity contribution < 1.29 is 81.0 Å². The molecule has 10 heterocycles. The first kappa shape index (κ1) is 95.2. The van der Waals surface area contributed by atoms with Gasteiger partial charge in [-0.25, -0.2) is 34.2 Å². The predicted octanol–water partition coefficient (Wildman–Crippen LogP) is 9.88. The molecule has 4 saturated heterocycles. The van der Waals surface area contributed by atoms with E-state index in [1.165, 1.54) is 11.2 Å². The molecule has 2 bridgehead atoms. The van der Waals surface area contributed by atoms with Crippen LogP contribution in [0.15, 0.2) is 107 Å². The van der Waals surface area contributed by atoms with Gasteiger partial charge in [-0.05, 0) is 155 Å². The average Bonchev–Trinajstić information content (AvgIpc) is 1.61. The number of nitrogens with one attached hydrogen (secondary N) is 1. The number of carbonyl (C=O) groups excluding carboxylic acids is 8. The number of cyclic esters (lactones) is 1. The van der Waals surface area contributed by atoms with Gasteiger partial charge in [0.05, 0.1) is 62.1 Å². The van der Waals surface area contributed by atoms with Crippen LogP contribution in [-0.2, 0) is 92.8 Å². The predicted molar refractivity (Wildman–Crippen MR) is 480 cm³/mol. The van der Waals surface area contributed by atoms with Crippen LogP contribution in [-0.4, -0.2) is 273 Å². The van der Waals surface area contributed by atoms with Gasteiger partial charge in [0.1, 0.15) is 53.5 Å². The summed E-state index contributed by atoms with van der Waals surface area (Å²) in [5, 5.41) is 19.9. The van der Waals surface area contributed by atoms with Crippen molar-refractivity contribution in [2.75, 3.05) is 123 Å². The van der Waals surface area contributed by atoms with Crippen molar-refractivity contribution in [1.29, 1.82) is 0 Å². The first-order chi connectivity index (χ1) is 61.8. The van der Waals surface area contributed by atoms with E-state index in [2.05, 4.69) is 60.3 Å². The number of benzene rings is 2. The highest BCUT2D eigenvalue weighted by Gasteiger charge is 2.45. The van der Waals surface area contributed by atoms with E-state index in [-0.39, 0.29) is 117 Å². The number of rotatable bonds is 22. The normalized spacial score (nSPS) is 27.6. The summed E-state index contributed by atoms with van der Waals surface area (Å²) in [7, 11) is 4.84. The Hall–Kier alpha value is -10.4. The molecule has 5 fully saturated rings. The molecule has 1 saturated carbocycles. The van der Waals surface area contributed by atoms with E-state index < -0.39 is 66.4 Å². The second kappa shape index (κ2) is 45.2. The van der Waals surface area contributed by atoms with Gasteiger partial charge in [0, 0.05) is 174 Å². The molecule has 2 unspecified atom stereocenters. The molecule has 692 valence electrons. The largest absolute Gasteiger partial charge is 0.461 e. The lowest BCUT2D eigenvalue weighted by Crippen LogP contribution is -2.55. The van der Waals surface area contributed by atoms with Gasteiger partial charge in [-0.15, -0.1) is 0 Å². The Balaban J connectivity index is 0.510. The Morgan fingerprint density at radius 3 is 2.20 bits per heavy atom.